The minimum absolute atomic E-state index is 0.0954. The van der Waals surface area contributed by atoms with Gasteiger partial charge >= 0.3 is 6.09 Å². The molecule has 0 spiro atoms. The molecule has 1 heterocycles. The van der Waals surface area contributed by atoms with Crippen molar-refractivity contribution in [2.75, 3.05) is 13.2 Å². The van der Waals surface area contributed by atoms with Gasteiger partial charge in [0.1, 0.15) is 0 Å². The van der Waals surface area contributed by atoms with Crippen molar-refractivity contribution in [3.63, 3.8) is 0 Å². The summed E-state index contributed by atoms with van der Waals surface area (Å²) in [4.78, 5) is 24.3. The van der Waals surface area contributed by atoms with Gasteiger partial charge in [-0.3, -0.25) is 4.79 Å². The first-order valence-electron chi connectivity index (χ1n) is 7.19. The first-order chi connectivity index (χ1) is 9.93. The van der Waals surface area contributed by atoms with Gasteiger partial charge in [0, 0.05) is 12.6 Å². The van der Waals surface area contributed by atoms with Crippen LogP contribution in [-0.2, 0) is 4.74 Å². The van der Waals surface area contributed by atoms with E-state index in [4.69, 9.17) is 4.74 Å². The fourth-order valence-corrected chi connectivity index (χ4v) is 2.84. The van der Waals surface area contributed by atoms with Crippen molar-refractivity contribution in [2.24, 2.45) is 5.92 Å². The Kier molecular flexibility index (Phi) is 7.22. The third kappa shape index (κ3) is 6.16. The monoisotopic (exact) mass is 312 g/mol. The molecule has 0 aliphatic rings. The lowest BCUT2D eigenvalue weighted by molar-refractivity contribution is 0.0948. The summed E-state index contributed by atoms with van der Waals surface area (Å²) in [5.41, 5.74) is 0.969. The lowest BCUT2D eigenvalue weighted by Gasteiger charge is -2.20. The van der Waals surface area contributed by atoms with E-state index in [0.29, 0.717) is 19.1 Å². The number of thiophene rings is 1. The van der Waals surface area contributed by atoms with E-state index in [9.17, 15) is 9.59 Å². The van der Waals surface area contributed by atoms with Crippen LogP contribution < -0.4 is 10.6 Å². The van der Waals surface area contributed by atoms with Gasteiger partial charge in [0.25, 0.3) is 5.91 Å². The maximum atomic E-state index is 12.1. The molecular weight excluding hydrogens is 288 g/mol. The van der Waals surface area contributed by atoms with Crippen molar-refractivity contribution >= 4 is 23.3 Å². The van der Waals surface area contributed by atoms with Crippen LogP contribution in [0.5, 0.6) is 0 Å². The fraction of sp³-hybridized carbons (Fsp3) is 0.600. The number of rotatable bonds is 7. The van der Waals surface area contributed by atoms with Gasteiger partial charge in [-0.2, -0.15) is 0 Å². The summed E-state index contributed by atoms with van der Waals surface area (Å²) in [6.45, 7) is 8.55. The normalized spacial score (nSPS) is 12.0. The molecule has 2 N–H and O–H groups in total. The Hall–Kier alpha value is -1.56. The molecule has 0 aliphatic carbocycles. The molecule has 1 rings (SSSR count). The highest BCUT2D eigenvalue weighted by Gasteiger charge is 2.17. The summed E-state index contributed by atoms with van der Waals surface area (Å²) >= 11 is 1.42. The van der Waals surface area contributed by atoms with Crippen LogP contribution in [-0.4, -0.2) is 31.2 Å². The molecular formula is C15H24N2O3S. The smallest absolute Gasteiger partial charge is 0.407 e. The van der Waals surface area contributed by atoms with E-state index in [2.05, 4.69) is 24.5 Å². The molecule has 0 fully saturated rings. The van der Waals surface area contributed by atoms with E-state index >= 15 is 0 Å². The lowest BCUT2D eigenvalue weighted by atomic mass is 10.0. The van der Waals surface area contributed by atoms with E-state index in [-0.39, 0.29) is 11.9 Å². The van der Waals surface area contributed by atoms with Crippen molar-refractivity contribution in [2.45, 2.75) is 40.2 Å². The molecule has 0 bridgehead atoms. The van der Waals surface area contributed by atoms with Gasteiger partial charge in [-0.05, 0) is 43.2 Å². The topological polar surface area (TPSA) is 67.4 Å². The van der Waals surface area contributed by atoms with Gasteiger partial charge in [0.15, 0.2) is 0 Å². The van der Waals surface area contributed by atoms with Gasteiger partial charge in [-0.25, -0.2) is 4.79 Å². The van der Waals surface area contributed by atoms with Crippen LogP contribution in [0, 0.1) is 12.8 Å². The Morgan fingerprint density at radius 1 is 1.38 bits per heavy atom. The molecule has 6 heteroatoms. The van der Waals surface area contributed by atoms with Gasteiger partial charge in [0.05, 0.1) is 11.5 Å². The van der Waals surface area contributed by atoms with E-state index in [0.717, 1.165) is 16.9 Å². The van der Waals surface area contributed by atoms with Crippen molar-refractivity contribution in [3.05, 3.63) is 21.9 Å². The predicted molar refractivity (Wildman–Crippen MR) is 84.8 cm³/mol. The Labute approximate surface area is 130 Å². The average Bonchev–Trinajstić information content (AvgIpc) is 2.81. The zero-order chi connectivity index (χ0) is 15.8. The largest absolute Gasteiger partial charge is 0.450 e. The molecule has 1 atom stereocenters. The standard InChI is InChI=1S/C15H24N2O3S/c1-5-20-15(19)17-12(8-10(2)3)9-16-14(18)13-11(4)6-7-21-13/h6-7,10,12H,5,8-9H2,1-4H3,(H,16,18)(H,17,19). The number of nitrogens with one attached hydrogen (secondary N) is 2. The maximum Gasteiger partial charge on any atom is 0.407 e. The third-order valence-electron chi connectivity index (χ3n) is 2.93. The van der Waals surface area contributed by atoms with Crippen LogP contribution in [0.15, 0.2) is 11.4 Å². The van der Waals surface area contributed by atoms with Gasteiger partial charge in [-0.15, -0.1) is 11.3 Å². The van der Waals surface area contributed by atoms with Crippen LogP contribution in [0.25, 0.3) is 0 Å². The molecule has 5 nitrogen and oxygen atoms in total. The number of amides is 2. The van der Waals surface area contributed by atoms with Gasteiger partial charge in [0.2, 0.25) is 0 Å². The van der Waals surface area contributed by atoms with Crippen molar-refractivity contribution in [1.29, 1.82) is 0 Å². The van der Waals surface area contributed by atoms with Crippen LogP contribution in [0.4, 0.5) is 4.79 Å². The highest BCUT2D eigenvalue weighted by Crippen LogP contribution is 2.15. The summed E-state index contributed by atoms with van der Waals surface area (Å²) in [5, 5.41) is 7.57. The quantitative estimate of drug-likeness (QED) is 0.813. The molecule has 0 radical (unpaired) electrons. The third-order valence-corrected chi connectivity index (χ3v) is 3.95. The number of carbonyl (C=O) groups excluding carboxylic acids is 2. The minimum atomic E-state index is -0.440. The number of carbonyl (C=O) groups is 2. The zero-order valence-electron chi connectivity index (χ0n) is 13.1. The highest BCUT2D eigenvalue weighted by atomic mass is 32.1. The number of ether oxygens (including phenoxy) is 1. The second kappa shape index (κ2) is 8.67. The van der Waals surface area contributed by atoms with Crippen LogP contribution in [0.1, 0.15) is 42.4 Å². The Balaban J connectivity index is 2.54. The molecule has 1 unspecified atom stereocenters. The molecule has 118 valence electrons. The molecule has 2 amide bonds. The molecule has 0 saturated heterocycles. The van der Waals surface area contributed by atoms with E-state index < -0.39 is 6.09 Å². The summed E-state index contributed by atoms with van der Waals surface area (Å²) < 4.78 is 4.89. The van der Waals surface area contributed by atoms with Crippen LogP contribution in [0.3, 0.4) is 0 Å². The first-order valence-corrected chi connectivity index (χ1v) is 8.07. The highest BCUT2D eigenvalue weighted by molar-refractivity contribution is 7.12. The minimum Gasteiger partial charge on any atom is -0.450 e. The average molecular weight is 312 g/mol. The van der Waals surface area contributed by atoms with Crippen LogP contribution in [0.2, 0.25) is 0 Å². The zero-order valence-corrected chi connectivity index (χ0v) is 13.9. The lowest BCUT2D eigenvalue weighted by Crippen LogP contribution is -2.44. The second-order valence-corrected chi connectivity index (χ2v) is 6.25. The molecule has 1 aromatic rings. The number of hydrogen-bond acceptors (Lipinski definition) is 4. The van der Waals surface area contributed by atoms with Crippen molar-refractivity contribution < 1.29 is 14.3 Å². The molecule has 0 aromatic carbocycles. The van der Waals surface area contributed by atoms with Gasteiger partial charge in [-0.1, -0.05) is 13.8 Å². The number of aryl methyl sites for hydroxylation is 1. The number of hydrogen-bond donors (Lipinski definition) is 2. The molecule has 1 aromatic heterocycles. The maximum absolute atomic E-state index is 12.1. The Bertz CT molecular complexity index is 471. The summed E-state index contributed by atoms with van der Waals surface area (Å²) in [6.07, 6.45) is 0.340. The molecule has 21 heavy (non-hydrogen) atoms. The number of alkyl carbamates (subject to hydrolysis) is 1. The summed E-state index contributed by atoms with van der Waals surface area (Å²) in [7, 11) is 0. The Morgan fingerprint density at radius 2 is 2.10 bits per heavy atom. The Morgan fingerprint density at radius 3 is 2.62 bits per heavy atom. The predicted octanol–water partition coefficient (Wildman–Crippen LogP) is 2.95. The molecule has 0 aliphatic heterocycles. The fourth-order valence-electron chi connectivity index (χ4n) is 2.00. The van der Waals surface area contributed by atoms with E-state index in [1.54, 1.807) is 6.92 Å². The molecule has 0 saturated carbocycles. The van der Waals surface area contributed by atoms with Gasteiger partial charge < -0.3 is 15.4 Å². The van der Waals surface area contributed by atoms with Crippen molar-refractivity contribution in [3.8, 4) is 0 Å². The first kappa shape index (κ1) is 17.5. The summed E-state index contributed by atoms with van der Waals surface area (Å²) in [5.74, 6) is 0.319. The van der Waals surface area contributed by atoms with E-state index in [1.165, 1.54) is 11.3 Å². The van der Waals surface area contributed by atoms with Crippen LogP contribution >= 0.6 is 11.3 Å². The summed E-state index contributed by atoms with van der Waals surface area (Å²) in [6, 6.07) is 1.79. The van der Waals surface area contributed by atoms with E-state index in [1.807, 2.05) is 18.4 Å². The second-order valence-electron chi connectivity index (χ2n) is 5.33. The SMILES string of the molecule is CCOC(=O)NC(CNC(=O)c1sccc1C)CC(C)C. The van der Waals surface area contributed by atoms with Crippen molar-refractivity contribution in [1.82, 2.24) is 10.6 Å².